The average molecular weight is 261 g/mol. The summed E-state index contributed by atoms with van der Waals surface area (Å²) in [5.74, 6) is 0.397. The summed E-state index contributed by atoms with van der Waals surface area (Å²) < 4.78 is 7.00. The normalized spacial score (nSPS) is 12.8. The summed E-state index contributed by atoms with van der Waals surface area (Å²) in [4.78, 5) is 2.05. The van der Waals surface area contributed by atoms with Crippen LogP contribution in [0.4, 0.5) is 5.88 Å². The van der Waals surface area contributed by atoms with E-state index in [4.69, 9.17) is 10.3 Å². The Hall–Kier alpha value is -1.88. The van der Waals surface area contributed by atoms with E-state index in [-0.39, 0.29) is 6.04 Å². The molecule has 0 aliphatic rings. The zero-order valence-corrected chi connectivity index (χ0v) is 11.7. The van der Waals surface area contributed by atoms with Crippen LogP contribution >= 0.6 is 0 Å². The molecule has 0 saturated carbocycles. The first-order chi connectivity index (χ1) is 9.08. The average Bonchev–Trinajstić information content (AvgIpc) is 2.72. The van der Waals surface area contributed by atoms with E-state index in [0.717, 1.165) is 12.1 Å². The van der Waals surface area contributed by atoms with Crippen molar-refractivity contribution in [1.29, 1.82) is 0 Å². The largest absolute Gasteiger partial charge is 0.362 e. The Labute approximate surface area is 113 Å². The predicted molar refractivity (Wildman–Crippen MR) is 73.4 cm³/mol. The Morgan fingerprint density at radius 2 is 2.00 bits per heavy atom. The van der Waals surface area contributed by atoms with Crippen LogP contribution in [0.25, 0.3) is 0 Å². The van der Waals surface area contributed by atoms with Gasteiger partial charge in [0.05, 0.1) is 6.54 Å². The van der Waals surface area contributed by atoms with Crippen LogP contribution in [0.1, 0.15) is 24.2 Å². The van der Waals surface area contributed by atoms with Crippen molar-refractivity contribution in [3.05, 3.63) is 41.6 Å². The second-order valence-corrected chi connectivity index (χ2v) is 5.10. The van der Waals surface area contributed by atoms with E-state index >= 15 is 0 Å². The molecule has 0 aliphatic carbocycles. The third-order valence-electron chi connectivity index (χ3n) is 3.05. The summed E-state index contributed by atoms with van der Waals surface area (Å²) >= 11 is 0. The molecule has 0 aliphatic heterocycles. The van der Waals surface area contributed by atoms with Crippen LogP contribution in [0.2, 0.25) is 0 Å². The number of aromatic nitrogens is 2. The molecule has 1 heterocycles. The summed E-state index contributed by atoms with van der Waals surface area (Å²) in [5.41, 5.74) is 8.05. The molecule has 2 rings (SSSR count). The molecule has 0 radical (unpaired) electrons. The first-order valence-electron chi connectivity index (χ1n) is 6.42. The Bertz CT molecular complexity index is 521. The molecule has 0 saturated heterocycles. The number of benzene rings is 1. The number of nitrogens with two attached hydrogens (primary N) is 1. The molecule has 0 fully saturated rings. The fourth-order valence-corrected chi connectivity index (χ4v) is 2.14. The van der Waals surface area contributed by atoms with Gasteiger partial charge in [0.1, 0.15) is 0 Å². The standard InChI is InChI=1S/C14H21N4O/c1-11(9-12-7-5-4-6-8-12)18-13(10-17(2)3)14(15)19-16-18/h4-8,11H,9-10,15H2,1-3H3/q+1. The van der Waals surface area contributed by atoms with Gasteiger partial charge in [-0.25, -0.2) is 0 Å². The van der Waals surface area contributed by atoms with Gasteiger partial charge in [-0.3, -0.25) is 9.42 Å². The molecule has 19 heavy (non-hydrogen) atoms. The fraction of sp³-hybridized carbons (Fsp3) is 0.429. The third kappa shape index (κ3) is 3.32. The Balaban J connectivity index is 2.17. The van der Waals surface area contributed by atoms with E-state index in [0.29, 0.717) is 12.4 Å². The molecular weight excluding hydrogens is 240 g/mol. The monoisotopic (exact) mass is 261 g/mol. The minimum absolute atomic E-state index is 0.207. The molecule has 1 unspecified atom stereocenters. The summed E-state index contributed by atoms with van der Waals surface area (Å²) in [6.45, 7) is 2.84. The van der Waals surface area contributed by atoms with Crippen LogP contribution in [-0.2, 0) is 13.0 Å². The summed E-state index contributed by atoms with van der Waals surface area (Å²) in [5, 5.41) is 4.05. The Kier molecular flexibility index (Phi) is 4.16. The van der Waals surface area contributed by atoms with Gasteiger partial charge in [-0.2, -0.15) is 0 Å². The highest BCUT2D eigenvalue weighted by molar-refractivity contribution is 5.24. The number of rotatable bonds is 5. The number of hydrogen-bond acceptors (Lipinski definition) is 4. The van der Waals surface area contributed by atoms with Crippen molar-refractivity contribution in [2.45, 2.75) is 25.9 Å². The maximum absolute atomic E-state index is 5.84. The molecule has 102 valence electrons. The summed E-state index contributed by atoms with van der Waals surface area (Å²) in [6.07, 6.45) is 0.901. The van der Waals surface area contributed by atoms with Crippen LogP contribution < -0.4 is 10.4 Å². The van der Waals surface area contributed by atoms with Gasteiger partial charge in [0.25, 0.3) is 11.6 Å². The first kappa shape index (κ1) is 13.5. The zero-order valence-electron chi connectivity index (χ0n) is 11.7. The second kappa shape index (κ2) is 5.84. The van der Waals surface area contributed by atoms with Gasteiger partial charge in [0.15, 0.2) is 6.04 Å². The van der Waals surface area contributed by atoms with Crippen molar-refractivity contribution >= 4 is 5.88 Å². The van der Waals surface area contributed by atoms with Gasteiger partial charge in [0, 0.05) is 13.3 Å². The summed E-state index contributed by atoms with van der Waals surface area (Å²) in [6, 6.07) is 10.6. The molecule has 5 nitrogen and oxygen atoms in total. The van der Waals surface area contributed by atoms with Gasteiger partial charge in [0.2, 0.25) is 5.27 Å². The topological polar surface area (TPSA) is 59.2 Å². The van der Waals surface area contributed by atoms with E-state index in [9.17, 15) is 0 Å². The second-order valence-electron chi connectivity index (χ2n) is 5.10. The van der Waals surface area contributed by atoms with Gasteiger partial charge in [-0.15, -0.1) is 0 Å². The van der Waals surface area contributed by atoms with Crippen LogP contribution in [0.3, 0.4) is 0 Å². The van der Waals surface area contributed by atoms with Crippen LogP contribution in [0.15, 0.2) is 34.9 Å². The number of nitrogens with zero attached hydrogens (tertiary/aromatic N) is 3. The van der Waals surface area contributed by atoms with Crippen molar-refractivity contribution in [1.82, 2.24) is 10.2 Å². The number of anilines is 1. The lowest BCUT2D eigenvalue weighted by Crippen LogP contribution is -2.45. The fourth-order valence-electron chi connectivity index (χ4n) is 2.14. The van der Waals surface area contributed by atoms with E-state index in [1.807, 2.05) is 37.0 Å². The lowest BCUT2D eigenvalue weighted by Gasteiger charge is -2.08. The molecule has 0 bridgehead atoms. The molecule has 5 heteroatoms. The highest BCUT2D eigenvalue weighted by atomic mass is 16.5. The van der Waals surface area contributed by atoms with Crippen LogP contribution in [-0.4, -0.2) is 24.3 Å². The highest BCUT2D eigenvalue weighted by Gasteiger charge is 2.28. The summed E-state index contributed by atoms with van der Waals surface area (Å²) in [7, 11) is 4.00. The van der Waals surface area contributed by atoms with Crippen molar-refractivity contribution in [3.63, 3.8) is 0 Å². The SMILES string of the molecule is CC(Cc1ccccc1)[n+]1noc(N)c1CN(C)C. The van der Waals surface area contributed by atoms with Gasteiger partial charge in [-0.1, -0.05) is 30.3 Å². The molecule has 2 aromatic rings. The molecule has 0 amide bonds. The smallest absolute Gasteiger partial charge is 0.297 e. The molecule has 2 N–H and O–H groups in total. The van der Waals surface area contributed by atoms with Crippen LogP contribution in [0.5, 0.6) is 0 Å². The molecule has 1 atom stereocenters. The molecule has 1 aromatic heterocycles. The van der Waals surface area contributed by atoms with Crippen molar-refractivity contribution in [2.24, 2.45) is 0 Å². The lowest BCUT2D eigenvalue weighted by atomic mass is 10.1. The van der Waals surface area contributed by atoms with Gasteiger partial charge in [-0.05, 0) is 24.3 Å². The van der Waals surface area contributed by atoms with Gasteiger partial charge < -0.3 is 5.73 Å². The van der Waals surface area contributed by atoms with Crippen molar-refractivity contribution < 1.29 is 9.20 Å². The zero-order chi connectivity index (χ0) is 13.8. The van der Waals surface area contributed by atoms with E-state index in [1.54, 1.807) is 0 Å². The first-order valence-corrected chi connectivity index (χ1v) is 6.42. The Morgan fingerprint density at radius 1 is 1.32 bits per heavy atom. The van der Waals surface area contributed by atoms with Gasteiger partial charge >= 0.3 is 0 Å². The maximum Gasteiger partial charge on any atom is 0.297 e. The quantitative estimate of drug-likeness (QED) is 0.827. The minimum Gasteiger partial charge on any atom is -0.362 e. The van der Waals surface area contributed by atoms with Crippen LogP contribution in [0, 0.1) is 0 Å². The molecular formula is C14H21N4O+. The predicted octanol–water partition coefficient (Wildman–Crippen LogP) is 1.41. The lowest BCUT2D eigenvalue weighted by molar-refractivity contribution is -0.788. The van der Waals surface area contributed by atoms with Crippen molar-refractivity contribution in [3.8, 4) is 0 Å². The Morgan fingerprint density at radius 3 is 2.63 bits per heavy atom. The van der Waals surface area contributed by atoms with E-state index < -0.39 is 0 Å². The molecule has 0 spiro atoms. The number of hydrogen-bond donors (Lipinski definition) is 1. The van der Waals surface area contributed by atoms with E-state index in [1.165, 1.54) is 5.56 Å². The number of nitrogen functional groups attached to an aromatic ring is 1. The van der Waals surface area contributed by atoms with Crippen molar-refractivity contribution in [2.75, 3.05) is 19.8 Å². The minimum atomic E-state index is 0.207. The maximum atomic E-state index is 5.84. The highest BCUT2D eigenvalue weighted by Crippen LogP contribution is 2.13. The third-order valence-corrected chi connectivity index (χ3v) is 3.05. The molecule has 1 aromatic carbocycles. The van der Waals surface area contributed by atoms with E-state index in [2.05, 4.69) is 29.2 Å².